The van der Waals surface area contributed by atoms with E-state index in [1.54, 1.807) is 13.0 Å². The Balaban J connectivity index is 2.10. The predicted octanol–water partition coefficient (Wildman–Crippen LogP) is 2.58. The highest BCUT2D eigenvalue weighted by atomic mass is 16.7. The normalized spacial score (nSPS) is 13.2. The molecular formula is C13H12O3. The molecule has 0 aliphatic carbocycles. The van der Waals surface area contributed by atoms with Crippen LogP contribution in [0.25, 0.3) is 0 Å². The van der Waals surface area contributed by atoms with Gasteiger partial charge in [-0.05, 0) is 18.6 Å². The third-order valence-corrected chi connectivity index (χ3v) is 2.21. The second-order valence-corrected chi connectivity index (χ2v) is 3.61. The van der Waals surface area contributed by atoms with Crippen LogP contribution in [0.1, 0.15) is 12.5 Å². The molecule has 16 heavy (non-hydrogen) atoms. The average Bonchev–Trinajstić information content (AvgIpc) is 2.28. The Morgan fingerprint density at radius 1 is 1.44 bits per heavy atom. The minimum absolute atomic E-state index is 0.228. The lowest BCUT2D eigenvalue weighted by atomic mass is 10.1. The fourth-order valence-electron chi connectivity index (χ4n) is 1.36. The van der Waals surface area contributed by atoms with Crippen molar-refractivity contribution in [1.29, 1.82) is 0 Å². The van der Waals surface area contributed by atoms with E-state index in [0.717, 1.165) is 11.3 Å². The Hall–Kier alpha value is -2.03. The zero-order valence-corrected chi connectivity index (χ0v) is 9.03. The van der Waals surface area contributed by atoms with Crippen LogP contribution in [0, 0.1) is 0 Å². The molecule has 0 saturated carbocycles. The lowest BCUT2D eigenvalue weighted by Gasteiger charge is -2.16. The number of rotatable bonds is 2. The van der Waals surface area contributed by atoms with Crippen molar-refractivity contribution in [2.75, 3.05) is 0 Å². The molecule has 1 aliphatic rings. The van der Waals surface area contributed by atoms with Gasteiger partial charge in [0.2, 0.25) is 0 Å². The topological polar surface area (TPSA) is 35.5 Å². The average molecular weight is 216 g/mol. The van der Waals surface area contributed by atoms with Crippen molar-refractivity contribution in [3.63, 3.8) is 0 Å². The minimum atomic E-state index is -0.467. The van der Waals surface area contributed by atoms with Gasteiger partial charge in [0.25, 0.3) is 5.95 Å². The van der Waals surface area contributed by atoms with Gasteiger partial charge in [-0.25, -0.2) is 4.79 Å². The zero-order valence-electron chi connectivity index (χ0n) is 9.03. The van der Waals surface area contributed by atoms with Crippen LogP contribution in [0.3, 0.4) is 0 Å². The second-order valence-electron chi connectivity index (χ2n) is 3.61. The summed E-state index contributed by atoms with van der Waals surface area (Å²) in [6.07, 6.45) is 2.44. The molecule has 0 N–H and O–H groups in total. The molecule has 0 aromatic heterocycles. The molecule has 0 spiro atoms. The molecule has 0 bridgehead atoms. The number of carbonyl (C=O) groups excluding carboxylic acids is 1. The first-order valence-corrected chi connectivity index (χ1v) is 5.00. The Morgan fingerprint density at radius 3 is 2.94 bits per heavy atom. The predicted molar refractivity (Wildman–Crippen MR) is 59.8 cm³/mol. The van der Waals surface area contributed by atoms with Crippen LogP contribution in [0.2, 0.25) is 0 Å². The van der Waals surface area contributed by atoms with Gasteiger partial charge < -0.3 is 9.47 Å². The summed E-state index contributed by atoms with van der Waals surface area (Å²) in [6.45, 7) is 5.10. The van der Waals surface area contributed by atoms with E-state index in [9.17, 15) is 4.79 Å². The third kappa shape index (κ3) is 2.14. The van der Waals surface area contributed by atoms with E-state index in [1.165, 1.54) is 0 Å². The summed E-state index contributed by atoms with van der Waals surface area (Å²) in [5.41, 5.74) is 1.43. The molecule has 0 atom stereocenters. The SMILES string of the molecule is C=C(C)C(=O)OC1=CCc2ccccc2O1. The first-order valence-electron chi connectivity index (χ1n) is 5.00. The van der Waals surface area contributed by atoms with E-state index in [-0.39, 0.29) is 5.95 Å². The molecule has 3 nitrogen and oxygen atoms in total. The molecule has 0 fully saturated rings. The van der Waals surface area contributed by atoms with Gasteiger partial charge in [-0.1, -0.05) is 24.8 Å². The van der Waals surface area contributed by atoms with Gasteiger partial charge in [-0.15, -0.1) is 0 Å². The molecule has 0 radical (unpaired) electrons. The smallest absolute Gasteiger partial charge is 0.340 e. The maximum absolute atomic E-state index is 11.3. The maximum atomic E-state index is 11.3. The number of fused-ring (bicyclic) bond motifs is 1. The van der Waals surface area contributed by atoms with Crippen molar-refractivity contribution < 1.29 is 14.3 Å². The van der Waals surface area contributed by atoms with Crippen LogP contribution in [0.5, 0.6) is 5.75 Å². The van der Waals surface area contributed by atoms with Crippen molar-refractivity contribution in [3.05, 3.63) is 54.0 Å². The van der Waals surface area contributed by atoms with Crippen molar-refractivity contribution >= 4 is 5.97 Å². The molecule has 1 heterocycles. The van der Waals surface area contributed by atoms with Crippen LogP contribution >= 0.6 is 0 Å². The van der Waals surface area contributed by atoms with E-state index in [1.807, 2.05) is 24.3 Å². The fourth-order valence-corrected chi connectivity index (χ4v) is 1.36. The molecule has 2 rings (SSSR count). The third-order valence-electron chi connectivity index (χ3n) is 2.21. The Labute approximate surface area is 94.0 Å². The molecule has 0 saturated heterocycles. The summed E-state index contributed by atoms with van der Waals surface area (Å²) in [5, 5.41) is 0. The number of benzene rings is 1. The van der Waals surface area contributed by atoms with E-state index in [0.29, 0.717) is 12.0 Å². The van der Waals surface area contributed by atoms with Crippen LogP contribution in [0.4, 0.5) is 0 Å². The Bertz CT molecular complexity index is 472. The summed E-state index contributed by atoms with van der Waals surface area (Å²) in [6, 6.07) is 7.64. The molecule has 1 aliphatic heterocycles. The summed E-state index contributed by atoms with van der Waals surface area (Å²) >= 11 is 0. The highest BCUT2D eigenvalue weighted by Crippen LogP contribution is 2.26. The van der Waals surface area contributed by atoms with Gasteiger partial charge >= 0.3 is 5.97 Å². The number of esters is 1. The van der Waals surface area contributed by atoms with E-state index >= 15 is 0 Å². The number of para-hydroxylation sites is 1. The van der Waals surface area contributed by atoms with Gasteiger partial charge in [0, 0.05) is 18.1 Å². The van der Waals surface area contributed by atoms with Gasteiger partial charge in [0.1, 0.15) is 5.75 Å². The number of carbonyl (C=O) groups is 1. The first-order chi connectivity index (χ1) is 7.66. The number of hydrogen-bond donors (Lipinski definition) is 0. The lowest BCUT2D eigenvalue weighted by molar-refractivity contribution is -0.138. The van der Waals surface area contributed by atoms with E-state index in [2.05, 4.69) is 6.58 Å². The summed E-state index contributed by atoms with van der Waals surface area (Å²) in [5.74, 6) is 0.492. The standard InChI is InChI=1S/C13H12O3/c1-9(2)13(14)16-12-8-7-10-5-3-4-6-11(10)15-12/h3-6,8H,1,7H2,2H3. The lowest BCUT2D eigenvalue weighted by Crippen LogP contribution is -2.12. The Morgan fingerprint density at radius 2 is 2.19 bits per heavy atom. The monoisotopic (exact) mass is 216 g/mol. The quantitative estimate of drug-likeness (QED) is 0.563. The molecule has 1 aromatic rings. The largest absolute Gasteiger partial charge is 0.426 e. The van der Waals surface area contributed by atoms with E-state index < -0.39 is 5.97 Å². The van der Waals surface area contributed by atoms with Crippen LogP contribution in [-0.2, 0) is 16.0 Å². The van der Waals surface area contributed by atoms with Crippen molar-refractivity contribution in [1.82, 2.24) is 0 Å². The van der Waals surface area contributed by atoms with Crippen LogP contribution < -0.4 is 4.74 Å². The number of ether oxygens (including phenoxy) is 2. The van der Waals surface area contributed by atoms with Gasteiger partial charge in [0.05, 0.1) is 0 Å². The summed E-state index contributed by atoms with van der Waals surface area (Å²) in [4.78, 5) is 11.3. The van der Waals surface area contributed by atoms with Gasteiger partial charge in [0.15, 0.2) is 0 Å². The van der Waals surface area contributed by atoms with Gasteiger partial charge in [-0.3, -0.25) is 0 Å². The minimum Gasteiger partial charge on any atom is -0.426 e. The van der Waals surface area contributed by atoms with E-state index in [4.69, 9.17) is 9.47 Å². The molecule has 0 unspecified atom stereocenters. The number of allylic oxidation sites excluding steroid dienone is 1. The first kappa shape index (κ1) is 10.5. The highest BCUT2D eigenvalue weighted by Gasteiger charge is 2.15. The highest BCUT2D eigenvalue weighted by molar-refractivity contribution is 5.87. The molecular weight excluding hydrogens is 204 g/mol. The van der Waals surface area contributed by atoms with Crippen molar-refractivity contribution in [2.45, 2.75) is 13.3 Å². The molecule has 82 valence electrons. The summed E-state index contributed by atoms with van der Waals surface area (Å²) in [7, 11) is 0. The Kier molecular flexibility index (Phi) is 2.77. The maximum Gasteiger partial charge on any atom is 0.340 e. The molecule has 1 aromatic carbocycles. The van der Waals surface area contributed by atoms with Crippen molar-refractivity contribution in [2.24, 2.45) is 0 Å². The zero-order chi connectivity index (χ0) is 11.5. The van der Waals surface area contributed by atoms with Crippen LogP contribution in [0.15, 0.2) is 48.4 Å². The second kappa shape index (κ2) is 4.23. The summed E-state index contributed by atoms with van der Waals surface area (Å²) < 4.78 is 10.4. The van der Waals surface area contributed by atoms with Crippen LogP contribution in [-0.4, -0.2) is 5.97 Å². The van der Waals surface area contributed by atoms with Crippen molar-refractivity contribution in [3.8, 4) is 5.75 Å². The van der Waals surface area contributed by atoms with Gasteiger partial charge in [-0.2, -0.15) is 0 Å². The fraction of sp³-hybridized carbons (Fsp3) is 0.154. The number of hydrogen-bond acceptors (Lipinski definition) is 3. The molecule has 3 heteroatoms. The molecule has 0 amide bonds.